The number of halogens is 6. The number of carbonyl (C=O) groups is 3. The van der Waals surface area contributed by atoms with Crippen LogP contribution in [0.25, 0.3) is 0 Å². The van der Waals surface area contributed by atoms with Crippen LogP contribution in [0.1, 0.15) is 43.8 Å². The number of aliphatic carboxylic acids is 1. The molecule has 0 atom stereocenters. The van der Waals surface area contributed by atoms with Gasteiger partial charge in [-0.2, -0.15) is 26.3 Å². The summed E-state index contributed by atoms with van der Waals surface area (Å²) in [7, 11) is 0. The highest BCUT2D eigenvalue weighted by molar-refractivity contribution is 6.17. The molecule has 0 aliphatic heterocycles. The highest BCUT2D eigenvalue weighted by Crippen LogP contribution is 2.36. The zero-order valence-electron chi connectivity index (χ0n) is 13.7. The second-order valence-electron chi connectivity index (χ2n) is 5.66. The normalized spacial score (nSPS) is 11.9. The predicted molar refractivity (Wildman–Crippen MR) is 82.9 cm³/mol. The van der Waals surface area contributed by atoms with E-state index in [9.17, 15) is 40.7 Å². The Morgan fingerprint density at radius 3 is 1.68 bits per heavy atom. The molecule has 4 nitrogen and oxygen atoms in total. The van der Waals surface area contributed by atoms with E-state index in [4.69, 9.17) is 5.11 Å². The lowest BCUT2D eigenvalue weighted by molar-refractivity contribution is -0.143. The molecule has 0 heterocycles. The molecule has 10 heteroatoms. The maximum absolute atomic E-state index is 13.0. The first kappa shape index (κ1) is 21.1. The Hall–Kier alpha value is -3.17. The highest BCUT2D eigenvalue weighted by Gasteiger charge is 2.37. The molecule has 0 fully saturated rings. The van der Waals surface area contributed by atoms with E-state index >= 15 is 0 Å². The topological polar surface area (TPSA) is 71.4 Å². The SMILES string of the molecule is O=C(O)CC(=O)c1ccccc1C(=O)c1cc(C(F)(F)F)cc(C(F)(F)F)c1. The van der Waals surface area contributed by atoms with Gasteiger partial charge >= 0.3 is 18.3 Å². The Morgan fingerprint density at radius 2 is 1.25 bits per heavy atom. The van der Waals surface area contributed by atoms with E-state index in [-0.39, 0.29) is 18.2 Å². The maximum Gasteiger partial charge on any atom is 0.416 e. The van der Waals surface area contributed by atoms with Crippen LogP contribution in [0.5, 0.6) is 0 Å². The molecule has 0 bridgehead atoms. The Bertz CT molecular complexity index is 912. The average Bonchev–Trinajstić information content (AvgIpc) is 2.58. The first-order chi connectivity index (χ1) is 12.8. The zero-order chi connectivity index (χ0) is 21.3. The van der Waals surface area contributed by atoms with Crippen molar-refractivity contribution in [1.29, 1.82) is 0 Å². The molecule has 0 saturated heterocycles. The fraction of sp³-hybridized carbons (Fsp3) is 0.167. The number of hydrogen-bond acceptors (Lipinski definition) is 3. The molecule has 1 N–H and O–H groups in total. The molecule has 0 amide bonds. The van der Waals surface area contributed by atoms with Gasteiger partial charge in [0.1, 0.15) is 6.42 Å². The number of carboxylic acids is 1. The van der Waals surface area contributed by atoms with Crippen molar-refractivity contribution >= 4 is 17.5 Å². The minimum Gasteiger partial charge on any atom is -0.481 e. The van der Waals surface area contributed by atoms with Gasteiger partial charge in [-0.3, -0.25) is 14.4 Å². The number of carboxylic acid groups (broad SMARTS) is 1. The zero-order valence-corrected chi connectivity index (χ0v) is 13.7. The van der Waals surface area contributed by atoms with Gasteiger partial charge in [-0.05, 0) is 18.2 Å². The van der Waals surface area contributed by atoms with Gasteiger partial charge in [0.05, 0.1) is 11.1 Å². The van der Waals surface area contributed by atoms with Crippen molar-refractivity contribution in [3.05, 3.63) is 70.3 Å². The molecule has 0 saturated carbocycles. The third-order valence-corrected chi connectivity index (χ3v) is 3.63. The smallest absolute Gasteiger partial charge is 0.416 e. The van der Waals surface area contributed by atoms with Gasteiger partial charge < -0.3 is 5.11 Å². The molecule has 0 aliphatic rings. The fourth-order valence-corrected chi connectivity index (χ4v) is 2.40. The first-order valence-electron chi connectivity index (χ1n) is 7.49. The summed E-state index contributed by atoms with van der Waals surface area (Å²) in [4.78, 5) is 35.2. The van der Waals surface area contributed by atoms with E-state index in [0.29, 0.717) is 0 Å². The lowest BCUT2D eigenvalue weighted by Gasteiger charge is -2.14. The molecule has 0 aromatic heterocycles. The Kier molecular flexibility index (Phi) is 5.62. The van der Waals surface area contributed by atoms with Crippen molar-refractivity contribution in [2.24, 2.45) is 0 Å². The fourth-order valence-electron chi connectivity index (χ4n) is 2.40. The van der Waals surface area contributed by atoms with E-state index in [1.54, 1.807) is 0 Å². The Balaban J connectivity index is 2.62. The molecule has 28 heavy (non-hydrogen) atoms. The minimum absolute atomic E-state index is 0.127. The number of rotatable bonds is 5. The molecule has 0 unspecified atom stereocenters. The first-order valence-corrected chi connectivity index (χ1v) is 7.49. The van der Waals surface area contributed by atoms with Crippen molar-refractivity contribution < 1.29 is 45.8 Å². The largest absolute Gasteiger partial charge is 0.481 e. The van der Waals surface area contributed by atoms with Crippen molar-refractivity contribution in [2.75, 3.05) is 0 Å². The van der Waals surface area contributed by atoms with Gasteiger partial charge in [-0.1, -0.05) is 24.3 Å². The van der Waals surface area contributed by atoms with E-state index in [1.807, 2.05) is 0 Å². The Morgan fingerprint density at radius 1 is 0.786 bits per heavy atom. The lowest BCUT2D eigenvalue weighted by atomic mass is 9.93. The van der Waals surface area contributed by atoms with Crippen LogP contribution in [0.15, 0.2) is 42.5 Å². The van der Waals surface area contributed by atoms with Crippen LogP contribution in [-0.4, -0.2) is 22.6 Å². The van der Waals surface area contributed by atoms with Gasteiger partial charge in [-0.25, -0.2) is 0 Å². The van der Waals surface area contributed by atoms with Gasteiger partial charge in [0, 0.05) is 16.7 Å². The Labute approximate surface area is 153 Å². The van der Waals surface area contributed by atoms with Gasteiger partial charge in [0.15, 0.2) is 11.6 Å². The highest BCUT2D eigenvalue weighted by atomic mass is 19.4. The van der Waals surface area contributed by atoms with Crippen molar-refractivity contribution in [3.63, 3.8) is 0 Å². The van der Waals surface area contributed by atoms with Crippen molar-refractivity contribution in [3.8, 4) is 0 Å². The summed E-state index contributed by atoms with van der Waals surface area (Å²) in [6.45, 7) is 0. The van der Waals surface area contributed by atoms with Gasteiger partial charge in [-0.15, -0.1) is 0 Å². The molecule has 2 aromatic carbocycles. The maximum atomic E-state index is 13.0. The summed E-state index contributed by atoms with van der Waals surface area (Å²) in [6.07, 6.45) is -11.3. The third-order valence-electron chi connectivity index (χ3n) is 3.63. The molecular weight excluding hydrogens is 394 g/mol. The molecule has 0 spiro atoms. The number of benzene rings is 2. The third kappa shape index (κ3) is 4.76. The molecule has 0 radical (unpaired) electrons. The minimum atomic E-state index is -5.14. The van der Waals surface area contributed by atoms with E-state index in [0.717, 1.165) is 12.1 Å². The van der Waals surface area contributed by atoms with Crippen LogP contribution in [0.2, 0.25) is 0 Å². The number of alkyl halides is 6. The van der Waals surface area contributed by atoms with E-state index < -0.39 is 64.1 Å². The summed E-state index contributed by atoms with van der Waals surface area (Å²) >= 11 is 0. The number of carbonyl (C=O) groups excluding carboxylic acids is 2. The van der Waals surface area contributed by atoms with Gasteiger partial charge in [0.25, 0.3) is 0 Å². The van der Waals surface area contributed by atoms with Crippen LogP contribution in [0, 0.1) is 0 Å². The number of ketones is 2. The van der Waals surface area contributed by atoms with Crippen molar-refractivity contribution in [1.82, 2.24) is 0 Å². The summed E-state index contributed by atoms with van der Waals surface area (Å²) in [5.74, 6) is -3.80. The standard InChI is InChI=1S/C18H10F6O4/c19-17(20,21)10-5-9(6-11(7-10)18(22,23)24)16(28)13-4-2-1-3-12(13)14(25)8-15(26)27/h1-7H,8H2,(H,26,27). The molecule has 148 valence electrons. The van der Waals surface area contributed by atoms with E-state index in [1.165, 1.54) is 12.1 Å². The van der Waals surface area contributed by atoms with Crippen LogP contribution in [0.3, 0.4) is 0 Å². The lowest BCUT2D eigenvalue weighted by Crippen LogP contribution is -2.16. The van der Waals surface area contributed by atoms with Crippen LogP contribution in [0.4, 0.5) is 26.3 Å². The molecule has 2 aromatic rings. The summed E-state index contributed by atoms with van der Waals surface area (Å²) in [5, 5.41) is 8.69. The summed E-state index contributed by atoms with van der Waals surface area (Å²) < 4.78 is 77.7. The number of hydrogen-bond donors (Lipinski definition) is 1. The predicted octanol–water partition coefficient (Wildman–Crippen LogP) is 4.61. The second-order valence-corrected chi connectivity index (χ2v) is 5.66. The monoisotopic (exact) mass is 404 g/mol. The second kappa shape index (κ2) is 7.45. The molecular formula is C18H10F6O4. The molecule has 0 aliphatic carbocycles. The van der Waals surface area contributed by atoms with Gasteiger partial charge in [0.2, 0.25) is 0 Å². The van der Waals surface area contributed by atoms with Crippen LogP contribution >= 0.6 is 0 Å². The van der Waals surface area contributed by atoms with Crippen molar-refractivity contribution in [2.45, 2.75) is 18.8 Å². The quantitative estimate of drug-likeness (QED) is 0.449. The van der Waals surface area contributed by atoms with Crippen LogP contribution < -0.4 is 0 Å². The average molecular weight is 404 g/mol. The van der Waals surface area contributed by atoms with E-state index in [2.05, 4.69) is 0 Å². The molecule has 2 rings (SSSR count). The van der Waals surface area contributed by atoms with Crippen LogP contribution in [-0.2, 0) is 17.1 Å². The summed E-state index contributed by atoms with van der Waals surface area (Å²) in [6, 6.07) is 4.97. The number of Topliss-reactive ketones (excluding diaryl/α,β-unsaturated/α-hetero) is 1. The summed E-state index contributed by atoms with van der Waals surface area (Å²) in [5.41, 5.74) is -5.21.